The van der Waals surface area contributed by atoms with Crippen LogP contribution in [-0.4, -0.2) is 9.55 Å². The van der Waals surface area contributed by atoms with Gasteiger partial charge in [-0.2, -0.15) is 26.3 Å². The normalized spacial score (nSPS) is 12.8. The number of hydrogen-bond donors (Lipinski definition) is 0. The molecule has 0 unspecified atom stereocenters. The third-order valence-corrected chi connectivity index (χ3v) is 2.62. The number of alkyl halides is 6. The van der Waals surface area contributed by atoms with Crippen LogP contribution in [0.2, 0.25) is 0 Å². The average molecular weight is 294 g/mol. The van der Waals surface area contributed by atoms with Gasteiger partial charge in [-0.05, 0) is 25.1 Å². The van der Waals surface area contributed by atoms with Crippen LogP contribution < -0.4 is 0 Å². The Bertz CT molecular complexity index is 624. The number of halogens is 6. The Morgan fingerprint density at radius 3 is 2.10 bits per heavy atom. The fourth-order valence-corrected chi connectivity index (χ4v) is 1.72. The average Bonchev–Trinajstić information content (AvgIpc) is 2.72. The Hall–Kier alpha value is -1.99. The third kappa shape index (κ3) is 2.78. The first-order valence-corrected chi connectivity index (χ1v) is 5.38. The zero-order chi connectivity index (χ0) is 15.1. The van der Waals surface area contributed by atoms with Crippen molar-refractivity contribution in [3.05, 3.63) is 47.5 Å². The second kappa shape index (κ2) is 4.53. The van der Waals surface area contributed by atoms with Gasteiger partial charge >= 0.3 is 12.4 Å². The third-order valence-electron chi connectivity index (χ3n) is 2.62. The van der Waals surface area contributed by atoms with Crippen molar-refractivity contribution in [2.45, 2.75) is 19.3 Å². The van der Waals surface area contributed by atoms with Gasteiger partial charge in [0.05, 0.1) is 28.8 Å². The Kier molecular flexibility index (Phi) is 3.27. The molecule has 0 saturated carbocycles. The molecule has 0 aliphatic carbocycles. The van der Waals surface area contributed by atoms with Crippen LogP contribution in [0.3, 0.4) is 0 Å². The lowest BCUT2D eigenvalue weighted by molar-refractivity contribution is -0.143. The van der Waals surface area contributed by atoms with Crippen LogP contribution in [0.25, 0.3) is 5.69 Å². The molecule has 0 fully saturated rings. The predicted molar refractivity (Wildman–Crippen MR) is 58.3 cm³/mol. The van der Waals surface area contributed by atoms with E-state index in [-0.39, 0.29) is 6.07 Å². The Morgan fingerprint density at radius 1 is 1.00 bits per heavy atom. The Balaban J connectivity index is 2.64. The molecule has 20 heavy (non-hydrogen) atoms. The largest absolute Gasteiger partial charge is 0.418 e. The van der Waals surface area contributed by atoms with E-state index < -0.39 is 29.2 Å². The molecule has 0 aliphatic rings. The highest BCUT2D eigenvalue weighted by Crippen LogP contribution is 2.38. The van der Waals surface area contributed by atoms with Crippen LogP contribution in [0.4, 0.5) is 26.3 Å². The first-order valence-electron chi connectivity index (χ1n) is 5.38. The second-order valence-corrected chi connectivity index (χ2v) is 4.15. The smallest absolute Gasteiger partial charge is 0.305 e. The topological polar surface area (TPSA) is 17.8 Å². The summed E-state index contributed by atoms with van der Waals surface area (Å²) in [7, 11) is 0. The molecule has 2 nitrogen and oxygen atoms in total. The second-order valence-electron chi connectivity index (χ2n) is 4.15. The Labute approximate surface area is 109 Å². The van der Waals surface area contributed by atoms with Crippen molar-refractivity contribution >= 4 is 0 Å². The molecule has 0 radical (unpaired) electrons. The van der Waals surface area contributed by atoms with Crippen LogP contribution >= 0.6 is 0 Å². The van der Waals surface area contributed by atoms with Crippen molar-refractivity contribution in [2.24, 2.45) is 0 Å². The van der Waals surface area contributed by atoms with E-state index in [9.17, 15) is 26.3 Å². The van der Waals surface area contributed by atoms with Crippen molar-refractivity contribution in [1.29, 1.82) is 0 Å². The minimum Gasteiger partial charge on any atom is -0.305 e. The maximum absolute atomic E-state index is 12.9. The molecule has 1 aromatic carbocycles. The minimum atomic E-state index is -4.89. The van der Waals surface area contributed by atoms with Gasteiger partial charge in [0.2, 0.25) is 0 Å². The lowest BCUT2D eigenvalue weighted by atomic mass is 10.1. The van der Waals surface area contributed by atoms with Crippen molar-refractivity contribution in [3.8, 4) is 5.69 Å². The molecule has 0 N–H and O–H groups in total. The zero-order valence-electron chi connectivity index (χ0n) is 10.0. The van der Waals surface area contributed by atoms with E-state index in [1.165, 1.54) is 6.20 Å². The Morgan fingerprint density at radius 2 is 1.65 bits per heavy atom. The summed E-state index contributed by atoms with van der Waals surface area (Å²) in [5.41, 5.74) is -2.64. The number of nitrogens with zero attached hydrogens (tertiary/aromatic N) is 2. The molecule has 0 bridgehead atoms. The number of imidazole rings is 1. The van der Waals surface area contributed by atoms with Crippen molar-refractivity contribution in [2.75, 3.05) is 0 Å². The lowest BCUT2D eigenvalue weighted by Gasteiger charge is -2.16. The highest BCUT2D eigenvalue weighted by Gasteiger charge is 2.38. The number of hydrogen-bond acceptors (Lipinski definition) is 1. The van der Waals surface area contributed by atoms with Gasteiger partial charge in [-0.3, -0.25) is 0 Å². The molecule has 0 atom stereocenters. The number of rotatable bonds is 1. The fraction of sp³-hybridized carbons (Fsp3) is 0.250. The van der Waals surface area contributed by atoms with Gasteiger partial charge in [-0.1, -0.05) is 0 Å². The molecule has 0 saturated heterocycles. The molecule has 108 valence electrons. The minimum absolute atomic E-state index is 0.102. The van der Waals surface area contributed by atoms with Gasteiger partial charge < -0.3 is 4.57 Å². The van der Waals surface area contributed by atoms with Crippen LogP contribution in [0.1, 0.15) is 16.8 Å². The molecule has 0 aliphatic heterocycles. The lowest BCUT2D eigenvalue weighted by Crippen LogP contribution is -2.14. The molecule has 1 heterocycles. The highest BCUT2D eigenvalue weighted by molar-refractivity contribution is 5.46. The van der Waals surface area contributed by atoms with Gasteiger partial charge in [0, 0.05) is 6.20 Å². The molecule has 1 aromatic heterocycles. The molecular weight excluding hydrogens is 286 g/mol. The van der Waals surface area contributed by atoms with Crippen LogP contribution in [0, 0.1) is 6.92 Å². The summed E-state index contributed by atoms with van der Waals surface area (Å²) < 4.78 is 77.3. The van der Waals surface area contributed by atoms with E-state index in [4.69, 9.17) is 0 Å². The summed E-state index contributed by atoms with van der Waals surface area (Å²) >= 11 is 0. The maximum atomic E-state index is 12.9. The van der Waals surface area contributed by atoms with Gasteiger partial charge in [-0.15, -0.1) is 0 Å². The SMILES string of the molecule is Cc1cn(-c2ccc(C(F)(F)F)cc2C(F)(F)F)cn1. The van der Waals surface area contributed by atoms with Gasteiger partial charge in [0.1, 0.15) is 0 Å². The van der Waals surface area contributed by atoms with Gasteiger partial charge in [-0.25, -0.2) is 4.98 Å². The van der Waals surface area contributed by atoms with Gasteiger partial charge in [0.15, 0.2) is 0 Å². The summed E-state index contributed by atoms with van der Waals surface area (Å²) in [5, 5.41) is 0. The van der Waals surface area contributed by atoms with E-state index in [0.29, 0.717) is 11.8 Å². The van der Waals surface area contributed by atoms with E-state index in [1.807, 2.05) is 0 Å². The molecule has 8 heteroatoms. The van der Waals surface area contributed by atoms with E-state index >= 15 is 0 Å². The zero-order valence-corrected chi connectivity index (χ0v) is 10.0. The molecular formula is C12H8F6N2. The summed E-state index contributed by atoms with van der Waals surface area (Å²) in [6.07, 6.45) is -7.30. The van der Waals surface area contributed by atoms with Crippen LogP contribution in [0.5, 0.6) is 0 Å². The molecule has 2 rings (SSSR count). The molecule has 0 amide bonds. The highest BCUT2D eigenvalue weighted by atomic mass is 19.4. The predicted octanol–water partition coefficient (Wildman–Crippen LogP) is 4.22. The van der Waals surface area contributed by atoms with Crippen molar-refractivity contribution in [3.63, 3.8) is 0 Å². The van der Waals surface area contributed by atoms with E-state index in [1.54, 1.807) is 6.92 Å². The first-order chi connectivity index (χ1) is 9.09. The van der Waals surface area contributed by atoms with E-state index in [0.717, 1.165) is 17.0 Å². The van der Waals surface area contributed by atoms with Crippen molar-refractivity contribution in [1.82, 2.24) is 9.55 Å². The summed E-state index contributed by atoms with van der Waals surface area (Å²) in [6.45, 7) is 1.56. The first kappa shape index (κ1) is 14.4. The number of benzene rings is 1. The quantitative estimate of drug-likeness (QED) is 0.720. The number of aromatic nitrogens is 2. The summed E-state index contributed by atoms with van der Waals surface area (Å²) in [6, 6.07) is 1.50. The monoisotopic (exact) mass is 294 g/mol. The molecule has 2 aromatic rings. The maximum Gasteiger partial charge on any atom is 0.418 e. The van der Waals surface area contributed by atoms with Crippen molar-refractivity contribution < 1.29 is 26.3 Å². The molecule has 0 spiro atoms. The number of aryl methyl sites for hydroxylation is 1. The van der Waals surface area contributed by atoms with Gasteiger partial charge in [0.25, 0.3) is 0 Å². The summed E-state index contributed by atoms with van der Waals surface area (Å²) in [5.74, 6) is 0. The summed E-state index contributed by atoms with van der Waals surface area (Å²) in [4.78, 5) is 3.76. The van der Waals surface area contributed by atoms with Crippen LogP contribution in [0.15, 0.2) is 30.7 Å². The van der Waals surface area contributed by atoms with Crippen LogP contribution in [-0.2, 0) is 12.4 Å². The standard InChI is InChI=1S/C12H8F6N2/c1-7-5-20(6-19-7)10-3-2-8(11(13,14)15)4-9(10)12(16,17)18/h2-6H,1H3. The van der Waals surface area contributed by atoms with E-state index in [2.05, 4.69) is 4.98 Å². The fourth-order valence-electron chi connectivity index (χ4n) is 1.72.